The number of fused-ring (bicyclic) bond motifs is 1. The van der Waals surface area contributed by atoms with Crippen LogP contribution < -0.4 is 15.5 Å². The second kappa shape index (κ2) is 11.0. The van der Waals surface area contributed by atoms with Crippen LogP contribution in [0.25, 0.3) is 16.7 Å². The first-order chi connectivity index (χ1) is 18.8. The van der Waals surface area contributed by atoms with Crippen molar-refractivity contribution in [2.24, 2.45) is 0 Å². The molecule has 0 aliphatic carbocycles. The minimum absolute atomic E-state index is 0.0880. The highest BCUT2D eigenvalue weighted by Crippen LogP contribution is 2.35. The summed E-state index contributed by atoms with van der Waals surface area (Å²) in [7, 11) is 0. The molecule has 2 aliphatic rings. The average Bonchev–Trinajstić information content (AvgIpc) is 3.37. The fourth-order valence-corrected chi connectivity index (χ4v) is 6.05. The van der Waals surface area contributed by atoms with Gasteiger partial charge in [-0.1, -0.05) is 50.2 Å². The summed E-state index contributed by atoms with van der Waals surface area (Å²) in [5.74, 6) is 0.950. The van der Waals surface area contributed by atoms with E-state index in [0.717, 1.165) is 29.7 Å². The molecule has 2 saturated heterocycles. The molecule has 0 saturated carbocycles. The number of hydrogen-bond acceptors (Lipinski definition) is 7. The molecule has 1 amide bonds. The number of aromatic nitrogens is 3. The lowest BCUT2D eigenvalue weighted by Gasteiger charge is -2.40. The molecule has 2 aliphatic heterocycles. The Morgan fingerprint density at radius 1 is 1.13 bits per heavy atom. The van der Waals surface area contributed by atoms with Crippen molar-refractivity contribution in [1.82, 2.24) is 19.4 Å². The molecule has 39 heavy (non-hydrogen) atoms. The van der Waals surface area contributed by atoms with Crippen LogP contribution >= 0.6 is 11.6 Å². The van der Waals surface area contributed by atoms with Crippen molar-refractivity contribution in [3.8, 4) is 5.69 Å². The van der Waals surface area contributed by atoms with Gasteiger partial charge in [0.1, 0.15) is 11.6 Å². The number of aliphatic hydroxyl groups is 1. The van der Waals surface area contributed by atoms with E-state index in [4.69, 9.17) is 16.6 Å². The molecule has 2 atom stereocenters. The van der Waals surface area contributed by atoms with Gasteiger partial charge < -0.3 is 19.8 Å². The number of β-amino-alcohol motifs (C(OH)–C–C–N with tert-alkyl or cyclic N) is 1. The van der Waals surface area contributed by atoms with Crippen molar-refractivity contribution < 1.29 is 9.90 Å². The second-order valence-corrected chi connectivity index (χ2v) is 10.7. The highest BCUT2D eigenvalue weighted by Gasteiger charge is 2.31. The number of aliphatic hydroxyl groups excluding tert-OH is 1. The summed E-state index contributed by atoms with van der Waals surface area (Å²) in [6.07, 6.45) is 3.00. The van der Waals surface area contributed by atoms with Gasteiger partial charge in [0.25, 0.3) is 0 Å². The Morgan fingerprint density at radius 3 is 2.44 bits per heavy atom. The third-order valence-electron chi connectivity index (χ3n) is 7.82. The van der Waals surface area contributed by atoms with E-state index in [-0.39, 0.29) is 11.9 Å². The number of carbonyl (C=O) groups is 1. The predicted octanol–water partition coefficient (Wildman–Crippen LogP) is 3.35. The van der Waals surface area contributed by atoms with Crippen LogP contribution in [0.5, 0.6) is 0 Å². The number of halogens is 1. The maximum Gasteiger partial charge on any atom is 0.355 e. The van der Waals surface area contributed by atoms with Crippen LogP contribution in [-0.4, -0.2) is 75.3 Å². The quantitative estimate of drug-likeness (QED) is 0.470. The van der Waals surface area contributed by atoms with Gasteiger partial charge in [0, 0.05) is 38.8 Å². The monoisotopic (exact) mass is 550 g/mol. The molecule has 206 valence electrons. The molecular formula is C29H35ClN6O3. The highest BCUT2D eigenvalue weighted by molar-refractivity contribution is 6.33. The van der Waals surface area contributed by atoms with Crippen LogP contribution in [0.15, 0.2) is 41.7 Å². The third-order valence-corrected chi connectivity index (χ3v) is 8.10. The van der Waals surface area contributed by atoms with Crippen LogP contribution in [0.2, 0.25) is 5.02 Å². The number of carbonyl (C=O) groups excluding carboxylic acids is 1. The molecule has 1 aromatic carbocycles. The van der Waals surface area contributed by atoms with E-state index in [0.29, 0.717) is 66.8 Å². The Morgan fingerprint density at radius 2 is 1.85 bits per heavy atom. The fourth-order valence-electron chi connectivity index (χ4n) is 5.78. The fraction of sp³-hybridized carbons (Fsp3) is 0.448. The summed E-state index contributed by atoms with van der Waals surface area (Å²) in [5.41, 5.74) is 2.96. The van der Waals surface area contributed by atoms with Crippen LogP contribution in [0.4, 0.5) is 11.6 Å². The summed E-state index contributed by atoms with van der Waals surface area (Å²) in [4.78, 5) is 41.6. The number of nitrogens with zero attached hydrogens (tertiary/aromatic N) is 6. The van der Waals surface area contributed by atoms with Gasteiger partial charge in [-0.05, 0) is 49.5 Å². The van der Waals surface area contributed by atoms with Gasteiger partial charge in [-0.25, -0.2) is 14.3 Å². The van der Waals surface area contributed by atoms with Crippen LogP contribution in [-0.2, 0) is 17.6 Å². The van der Waals surface area contributed by atoms with Crippen molar-refractivity contribution in [1.29, 1.82) is 0 Å². The lowest BCUT2D eigenvalue weighted by Crippen LogP contribution is -2.54. The molecule has 1 N–H and O–H groups in total. The van der Waals surface area contributed by atoms with Crippen LogP contribution in [0, 0.1) is 0 Å². The largest absolute Gasteiger partial charge is 0.391 e. The van der Waals surface area contributed by atoms with E-state index in [9.17, 15) is 14.7 Å². The lowest BCUT2D eigenvalue weighted by molar-refractivity contribution is -0.126. The van der Waals surface area contributed by atoms with Crippen molar-refractivity contribution in [3.05, 3.63) is 63.6 Å². The minimum atomic E-state index is -0.448. The topological polar surface area (TPSA) is 94.8 Å². The average molecular weight is 551 g/mol. The maximum atomic E-state index is 13.9. The van der Waals surface area contributed by atoms with E-state index in [2.05, 4.69) is 30.3 Å². The zero-order chi connectivity index (χ0) is 27.8. The number of para-hydroxylation sites is 1. The molecule has 10 heteroatoms. The predicted molar refractivity (Wildman–Crippen MR) is 155 cm³/mol. The first-order valence-electron chi connectivity index (χ1n) is 13.6. The number of hydrogen-bond donors (Lipinski definition) is 1. The SMILES string of the molecule is C=CC(=O)N1CCN(c2nc(=O)n(-c3c(CC)cccc3CC)c3nc(N4CC[C@@H](O)C4)c(Cl)cc23)[C@@H](C)C1. The number of pyridine rings is 1. The van der Waals surface area contributed by atoms with Gasteiger partial charge >= 0.3 is 5.69 Å². The van der Waals surface area contributed by atoms with E-state index < -0.39 is 11.8 Å². The zero-order valence-electron chi connectivity index (χ0n) is 22.7. The number of amides is 1. The van der Waals surface area contributed by atoms with Crippen molar-refractivity contribution >= 4 is 40.2 Å². The molecule has 2 fully saturated rings. The van der Waals surface area contributed by atoms with E-state index in [1.807, 2.05) is 36.1 Å². The van der Waals surface area contributed by atoms with E-state index in [1.165, 1.54) is 6.08 Å². The smallest absolute Gasteiger partial charge is 0.355 e. The number of benzene rings is 1. The van der Waals surface area contributed by atoms with Crippen molar-refractivity contribution in [3.63, 3.8) is 0 Å². The second-order valence-electron chi connectivity index (χ2n) is 10.3. The first-order valence-corrected chi connectivity index (χ1v) is 14.0. The Labute approximate surface area is 233 Å². The Balaban J connectivity index is 1.75. The van der Waals surface area contributed by atoms with E-state index in [1.54, 1.807) is 9.47 Å². The Hall–Kier alpha value is -3.43. The van der Waals surface area contributed by atoms with Gasteiger partial charge in [0.05, 0.1) is 22.2 Å². The van der Waals surface area contributed by atoms with Gasteiger partial charge in [-0.2, -0.15) is 4.98 Å². The number of rotatable bonds is 6. The van der Waals surface area contributed by atoms with Gasteiger partial charge in [-0.15, -0.1) is 0 Å². The molecule has 0 bridgehead atoms. The molecule has 2 aromatic heterocycles. The van der Waals surface area contributed by atoms with Gasteiger partial charge in [0.2, 0.25) is 5.91 Å². The standard InChI is InChI=1S/C29H35ClN6O3/c1-5-19-9-8-10-20(6-2)25(19)36-27-22(15-23(30)28(31-27)34-12-11-21(37)17-34)26(32-29(36)39)35-14-13-33(16-18(35)4)24(38)7-3/h7-10,15,18,21,37H,3,5-6,11-14,16-17H2,1-2,4H3/t18-,21+/m0/s1. The summed E-state index contributed by atoms with van der Waals surface area (Å²) < 4.78 is 1.63. The van der Waals surface area contributed by atoms with Crippen molar-refractivity contribution in [2.45, 2.75) is 52.2 Å². The molecule has 3 aromatic rings. The lowest BCUT2D eigenvalue weighted by atomic mass is 10.0. The Kier molecular flexibility index (Phi) is 7.64. The van der Waals surface area contributed by atoms with Gasteiger partial charge in [-0.3, -0.25) is 4.79 Å². The van der Waals surface area contributed by atoms with Crippen molar-refractivity contribution in [2.75, 3.05) is 42.5 Å². The first kappa shape index (κ1) is 27.1. The van der Waals surface area contributed by atoms with Crippen LogP contribution in [0.1, 0.15) is 38.3 Å². The van der Waals surface area contributed by atoms with E-state index >= 15 is 0 Å². The highest BCUT2D eigenvalue weighted by atomic mass is 35.5. The molecule has 0 unspecified atom stereocenters. The molecule has 4 heterocycles. The maximum absolute atomic E-state index is 13.9. The molecule has 9 nitrogen and oxygen atoms in total. The Bertz CT molecular complexity index is 1470. The molecular weight excluding hydrogens is 516 g/mol. The number of anilines is 2. The zero-order valence-corrected chi connectivity index (χ0v) is 23.5. The van der Waals surface area contributed by atoms with Gasteiger partial charge in [0.15, 0.2) is 5.65 Å². The molecule has 0 radical (unpaired) electrons. The molecule has 5 rings (SSSR count). The van der Waals surface area contributed by atoms with Crippen LogP contribution in [0.3, 0.4) is 0 Å². The summed E-state index contributed by atoms with van der Waals surface area (Å²) in [6.45, 7) is 12.3. The minimum Gasteiger partial charge on any atom is -0.391 e. The normalized spacial score (nSPS) is 19.7. The number of piperazine rings is 1. The number of aryl methyl sites for hydroxylation is 2. The third kappa shape index (κ3) is 4.89. The summed E-state index contributed by atoms with van der Waals surface area (Å²) in [5, 5.41) is 11.3. The summed E-state index contributed by atoms with van der Waals surface area (Å²) >= 11 is 6.83. The molecule has 0 spiro atoms. The summed E-state index contributed by atoms with van der Waals surface area (Å²) in [6, 6.07) is 7.84.